The van der Waals surface area contributed by atoms with Gasteiger partial charge < -0.3 is 4.90 Å². The molecule has 0 saturated carbocycles. The summed E-state index contributed by atoms with van der Waals surface area (Å²) in [6.07, 6.45) is 8.42. The summed E-state index contributed by atoms with van der Waals surface area (Å²) in [6, 6.07) is 14.8. The average molecular weight is 316 g/mol. The SMILES string of the molecule is c1cc(-c2ccc(C34CCN(CC3)C4)cn2)cc(-n2cccn2)c1. The molecule has 4 heterocycles. The van der Waals surface area contributed by atoms with Gasteiger partial charge in [-0.2, -0.15) is 5.10 Å². The number of nitrogens with zero attached hydrogens (tertiary/aromatic N) is 4. The van der Waals surface area contributed by atoms with Crippen LogP contribution in [0.1, 0.15) is 18.4 Å². The van der Waals surface area contributed by atoms with Crippen LogP contribution in [0.5, 0.6) is 0 Å². The predicted molar refractivity (Wildman–Crippen MR) is 94.1 cm³/mol. The van der Waals surface area contributed by atoms with Crippen LogP contribution in [0.4, 0.5) is 0 Å². The smallest absolute Gasteiger partial charge is 0.0702 e. The Labute approximate surface area is 141 Å². The molecule has 0 spiro atoms. The number of fused-ring (bicyclic) bond motifs is 2. The summed E-state index contributed by atoms with van der Waals surface area (Å²) in [5.74, 6) is 0. The third-order valence-electron chi connectivity index (χ3n) is 5.63. The lowest BCUT2D eigenvalue weighted by atomic mass is 9.78. The second kappa shape index (κ2) is 5.28. The van der Waals surface area contributed by atoms with Gasteiger partial charge in [0.2, 0.25) is 0 Å². The van der Waals surface area contributed by atoms with Crippen LogP contribution < -0.4 is 0 Å². The zero-order chi connectivity index (χ0) is 16.0. The average Bonchev–Trinajstić information content (AvgIpc) is 3.40. The molecule has 120 valence electrons. The summed E-state index contributed by atoms with van der Waals surface area (Å²) >= 11 is 0. The van der Waals surface area contributed by atoms with Gasteiger partial charge >= 0.3 is 0 Å². The summed E-state index contributed by atoms with van der Waals surface area (Å²) in [4.78, 5) is 7.35. The van der Waals surface area contributed by atoms with E-state index < -0.39 is 0 Å². The highest BCUT2D eigenvalue weighted by atomic mass is 15.3. The van der Waals surface area contributed by atoms with Crippen LogP contribution in [0.2, 0.25) is 0 Å². The minimum absolute atomic E-state index is 0.364. The first kappa shape index (κ1) is 13.9. The molecule has 0 aliphatic carbocycles. The van der Waals surface area contributed by atoms with Crippen molar-refractivity contribution in [2.45, 2.75) is 18.3 Å². The Morgan fingerprint density at radius 2 is 1.92 bits per heavy atom. The molecule has 0 amide bonds. The molecular formula is C20H20N4. The summed E-state index contributed by atoms with van der Waals surface area (Å²) in [7, 11) is 0. The van der Waals surface area contributed by atoms with Gasteiger partial charge in [0.25, 0.3) is 0 Å². The predicted octanol–water partition coefficient (Wildman–Crippen LogP) is 3.28. The third kappa shape index (κ3) is 2.18. The standard InChI is InChI=1S/C20H20N4/c1-3-16(13-18(4-1)24-10-2-9-22-24)19-6-5-17(14-21-19)20-7-11-23(15-20)12-8-20/h1-6,9-10,13-14H,7-8,11-12,15H2. The van der Waals surface area contributed by atoms with E-state index in [1.165, 1.54) is 38.0 Å². The quantitative estimate of drug-likeness (QED) is 0.743. The fourth-order valence-corrected chi connectivity index (χ4v) is 4.21. The largest absolute Gasteiger partial charge is 0.302 e. The number of pyridine rings is 1. The molecule has 0 radical (unpaired) electrons. The van der Waals surface area contributed by atoms with E-state index >= 15 is 0 Å². The number of benzene rings is 1. The van der Waals surface area contributed by atoms with Crippen molar-refractivity contribution in [1.82, 2.24) is 19.7 Å². The number of aromatic nitrogens is 3. The van der Waals surface area contributed by atoms with Crippen molar-refractivity contribution in [2.24, 2.45) is 0 Å². The van der Waals surface area contributed by atoms with Crippen molar-refractivity contribution in [2.75, 3.05) is 19.6 Å². The lowest BCUT2D eigenvalue weighted by Gasteiger charge is -2.25. The van der Waals surface area contributed by atoms with E-state index in [9.17, 15) is 0 Å². The molecule has 24 heavy (non-hydrogen) atoms. The monoisotopic (exact) mass is 316 g/mol. The van der Waals surface area contributed by atoms with Crippen molar-refractivity contribution in [1.29, 1.82) is 0 Å². The molecule has 2 fully saturated rings. The van der Waals surface area contributed by atoms with Crippen molar-refractivity contribution in [3.63, 3.8) is 0 Å². The van der Waals surface area contributed by atoms with Gasteiger partial charge in [0.05, 0.1) is 11.4 Å². The van der Waals surface area contributed by atoms with Gasteiger partial charge in [-0.15, -0.1) is 0 Å². The van der Waals surface area contributed by atoms with Crippen LogP contribution in [-0.4, -0.2) is 39.3 Å². The molecule has 2 saturated heterocycles. The Hall–Kier alpha value is -2.46. The molecular weight excluding hydrogens is 296 g/mol. The van der Waals surface area contributed by atoms with Crippen LogP contribution in [-0.2, 0) is 5.41 Å². The van der Waals surface area contributed by atoms with E-state index in [0.717, 1.165) is 16.9 Å². The first-order valence-corrected chi connectivity index (χ1v) is 8.62. The van der Waals surface area contributed by atoms with Crippen LogP contribution in [0.25, 0.3) is 16.9 Å². The number of piperidine rings is 1. The van der Waals surface area contributed by atoms with E-state index in [1.807, 2.05) is 16.9 Å². The van der Waals surface area contributed by atoms with Crippen molar-refractivity contribution in [3.05, 3.63) is 66.6 Å². The molecule has 4 heteroatoms. The zero-order valence-corrected chi connectivity index (χ0v) is 13.6. The van der Waals surface area contributed by atoms with Gasteiger partial charge in [-0.1, -0.05) is 18.2 Å². The van der Waals surface area contributed by atoms with Crippen molar-refractivity contribution in [3.8, 4) is 16.9 Å². The summed E-state index contributed by atoms with van der Waals surface area (Å²) in [5, 5.41) is 4.30. The molecule has 0 N–H and O–H groups in total. The fourth-order valence-electron chi connectivity index (χ4n) is 4.21. The highest BCUT2D eigenvalue weighted by Crippen LogP contribution is 2.43. The number of hydrogen-bond acceptors (Lipinski definition) is 3. The van der Waals surface area contributed by atoms with Gasteiger partial charge in [0, 0.05) is 36.1 Å². The Morgan fingerprint density at radius 3 is 2.58 bits per heavy atom. The third-order valence-corrected chi connectivity index (χ3v) is 5.63. The van der Waals surface area contributed by atoms with Crippen LogP contribution in [0.3, 0.4) is 0 Å². The molecule has 2 aliphatic rings. The first-order chi connectivity index (χ1) is 11.8. The molecule has 2 aliphatic heterocycles. The molecule has 4 nitrogen and oxygen atoms in total. The molecule has 2 aromatic heterocycles. The first-order valence-electron chi connectivity index (χ1n) is 8.62. The lowest BCUT2D eigenvalue weighted by Crippen LogP contribution is -2.24. The molecule has 5 rings (SSSR count). The second-order valence-corrected chi connectivity index (χ2v) is 6.99. The van der Waals surface area contributed by atoms with E-state index in [-0.39, 0.29) is 0 Å². The van der Waals surface area contributed by atoms with Crippen molar-refractivity contribution < 1.29 is 0 Å². The Balaban J connectivity index is 1.47. The van der Waals surface area contributed by atoms with E-state index in [2.05, 4.69) is 52.6 Å². The molecule has 1 aromatic carbocycles. The van der Waals surface area contributed by atoms with Crippen LogP contribution in [0.15, 0.2) is 61.1 Å². The second-order valence-electron chi connectivity index (χ2n) is 6.99. The minimum Gasteiger partial charge on any atom is -0.302 e. The van der Waals surface area contributed by atoms with Gasteiger partial charge in [-0.25, -0.2) is 4.68 Å². The van der Waals surface area contributed by atoms with E-state index in [0.29, 0.717) is 5.41 Å². The summed E-state index contributed by atoms with van der Waals surface area (Å²) < 4.78 is 1.88. The van der Waals surface area contributed by atoms with E-state index in [1.54, 1.807) is 6.20 Å². The summed E-state index contributed by atoms with van der Waals surface area (Å²) in [6.45, 7) is 3.70. The van der Waals surface area contributed by atoms with Gasteiger partial charge in [0.15, 0.2) is 0 Å². The molecule has 0 unspecified atom stereocenters. The molecule has 3 aromatic rings. The summed E-state index contributed by atoms with van der Waals surface area (Å²) in [5.41, 5.74) is 4.99. The van der Waals surface area contributed by atoms with Gasteiger partial charge in [-0.3, -0.25) is 4.98 Å². The number of rotatable bonds is 3. The van der Waals surface area contributed by atoms with Crippen LogP contribution >= 0.6 is 0 Å². The topological polar surface area (TPSA) is 34.0 Å². The number of hydrogen-bond donors (Lipinski definition) is 0. The highest BCUT2D eigenvalue weighted by Gasteiger charge is 2.44. The highest BCUT2D eigenvalue weighted by molar-refractivity contribution is 5.62. The van der Waals surface area contributed by atoms with Gasteiger partial charge in [-0.05, 0) is 55.8 Å². The molecule has 2 bridgehead atoms. The fraction of sp³-hybridized carbons (Fsp3) is 0.300. The Kier molecular flexibility index (Phi) is 3.06. The Morgan fingerprint density at radius 1 is 1.00 bits per heavy atom. The molecule has 0 atom stereocenters. The maximum Gasteiger partial charge on any atom is 0.0702 e. The van der Waals surface area contributed by atoms with Crippen LogP contribution in [0, 0.1) is 0 Å². The minimum atomic E-state index is 0.364. The van der Waals surface area contributed by atoms with E-state index in [4.69, 9.17) is 4.98 Å². The van der Waals surface area contributed by atoms with Crippen molar-refractivity contribution >= 4 is 0 Å². The van der Waals surface area contributed by atoms with Gasteiger partial charge in [0.1, 0.15) is 0 Å². The Bertz CT molecular complexity index is 844. The lowest BCUT2D eigenvalue weighted by molar-refractivity contribution is 0.364. The maximum absolute atomic E-state index is 4.78. The zero-order valence-electron chi connectivity index (χ0n) is 13.6. The normalized spacial score (nSPS) is 25.2. The maximum atomic E-state index is 4.78.